The summed E-state index contributed by atoms with van der Waals surface area (Å²) in [5, 5.41) is 6.27. The highest BCUT2D eigenvalue weighted by Gasteiger charge is 2.16. The van der Waals surface area contributed by atoms with Crippen LogP contribution in [-0.4, -0.2) is 45.2 Å². The highest BCUT2D eigenvalue weighted by molar-refractivity contribution is 6.31. The molecule has 8 heteroatoms. The Morgan fingerprint density at radius 2 is 1.60 bits per heavy atom. The molecule has 0 heterocycles. The van der Waals surface area contributed by atoms with E-state index in [4.69, 9.17) is 21.1 Å². The third-order valence-corrected chi connectivity index (χ3v) is 4.70. The molecule has 3 N–H and O–H groups in total. The second kappa shape index (κ2) is 11.4. The van der Waals surface area contributed by atoms with Crippen LogP contribution in [0.3, 0.4) is 0 Å². The number of halogens is 1. The molecule has 2 rings (SSSR count). The number of amides is 2. The summed E-state index contributed by atoms with van der Waals surface area (Å²) < 4.78 is 11.1. The summed E-state index contributed by atoms with van der Waals surface area (Å²) in [5.41, 5.74) is 2.09. The molecule has 0 radical (unpaired) electrons. The monoisotopic (exact) mass is 434 g/mol. The first kappa shape index (κ1) is 23.5. The van der Waals surface area contributed by atoms with E-state index >= 15 is 0 Å². The number of anilines is 2. The number of ether oxygens (including phenoxy) is 2. The third kappa shape index (κ3) is 6.93. The van der Waals surface area contributed by atoms with Crippen molar-refractivity contribution in [3.63, 3.8) is 0 Å². The van der Waals surface area contributed by atoms with Crippen molar-refractivity contribution in [2.75, 3.05) is 44.0 Å². The lowest BCUT2D eigenvalue weighted by atomic mass is 10.2. The van der Waals surface area contributed by atoms with Crippen LogP contribution in [0.2, 0.25) is 5.02 Å². The number of rotatable bonds is 10. The van der Waals surface area contributed by atoms with Gasteiger partial charge in [-0.25, -0.2) is 0 Å². The molecule has 0 aromatic heterocycles. The third-order valence-electron chi connectivity index (χ3n) is 4.29. The first-order valence-electron chi connectivity index (χ1n) is 9.89. The Balaban J connectivity index is 1.90. The van der Waals surface area contributed by atoms with Crippen LogP contribution in [0.5, 0.6) is 11.5 Å². The summed E-state index contributed by atoms with van der Waals surface area (Å²) in [7, 11) is 1.79. The Morgan fingerprint density at radius 3 is 2.27 bits per heavy atom. The van der Waals surface area contributed by atoms with Crippen LogP contribution in [0.4, 0.5) is 11.4 Å². The zero-order chi connectivity index (χ0) is 22.1. The van der Waals surface area contributed by atoms with Gasteiger partial charge in [-0.15, -0.1) is 0 Å². The predicted octanol–water partition coefficient (Wildman–Crippen LogP) is 2.54. The molecular weight excluding hydrogens is 406 g/mol. The topological polar surface area (TPSA) is 81.1 Å². The number of benzene rings is 2. The van der Waals surface area contributed by atoms with Gasteiger partial charge in [0, 0.05) is 22.5 Å². The van der Waals surface area contributed by atoms with Gasteiger partial charge >= 0.3 is 0 Å². The summed E-state index contributed by atoms with van der Waals surface area (Å²) in [6.45, 7) is 6.92. The quantitative estimate of drug-likeness (QED) is 0.536. The standard InChI is InChI=1S/C22H28ClN3O4/c1-5-29-19-11-10-16(12-20(19)30-6-2)24-21(27)13-26(4)14-22(28)25-18-9-7-8-17(23)15(18)3/h7-12H,5-6,13-14H2,1-4H3,(H,24,27)(H,25,28)/p+1. The Morgan fingerprint density at radius 1 is 0.967 bits per heavy atom. The van der Waals surface area contributed by atoms with Gasteiger partial charge in [0.1, 0.15) is 0 Å². The van der Waals surface area contributed by atoms with Crippen molar-refractivity contribution in [3.05, 3.63) is 47.0 Å². The number of hydrogen-bond acceptors (Lipinski definition) is 4. The van der Waals surface area contributed by atoms with E-state index in [9.17, 15) is 9.59 Å². The molecule has 0 spiro atoms. The molecular formula is C22H29ClN3O4+. The zero-order valence-corrected chi connectivity index (χ0v) is 18.6. The van der Waals surface area contributed by atoms with Gasteiger partial charge in [0.2, 0.25) is 0 Å². The van der Waals surface area contributed by atoms with E-state index in [-0.39, 0.29) is 24.9 Å². The minimum absolute atomic E-state index is 0.138. The lowest BCUT2D eigenvalue weighted by molar-refractivity contribution is -0.862. The average Bonchev–Trinajstić information content (AvgIpc) is 2.67. The van der Waals surface area contributed by atoms with Crippen molar-refractivity contribution in [1.82, 2.24) is 0 Å². The van der Waals surface area contributed by atoms with Crippen LogP contribution in [0.1, 0.15) is 19.4 Å². The molecule has 1 atom stereocenters. The van der Waals surface area contributed by atoms with Crippen LogP contribution >= 0.6 is 11.6 Å². The van der Waals surface area contributed by atoms with Crippen molar-refractivity contribution in [1.29, 1.82) is 0 Å². The molecule has 7 nitrogen and oxygen atoms in total. The van der Waals surface area contributed by atoms with Gasteiger partial charge in [-0.2, -0.15) is 0 Å². The van der Waals surface area contributed by atoms with Crippen molar-refractivity contribution in [3.8, 4) is 11.5 Å². The number of quaternary nitrogens is 1. The SMILES string of the molecule is CCOc1ccc(NC(=O)C[NH+](C)CC(=O)Nc2cccc(Cl)c2C)cc1OCC. The van der Waals surface area contributed by atoms with Crippen LogP contribution in [-0.2, 0) is 9.59 Å². The van der Waals surface area contributed by atoms with Crippen molar-refractivity contribution >= 4 is 34.8 Å². The maximum Gasteiger partial charge on any atom is 0.279 e. The second-order valence-electron chi connectivity index (χ2n) is 6.85. The molecule has 0 aliphatic rings. The van der Waals surface area contributed by atoms with E-state index < -0.39 is 0 Å². The summed E-state index contributed by atoms with van der Waals surface area (Å²) >= 11 is 6.08. The highest BCUT2D eigenvalue weighted by Crippen LogP contribution is 2.30. The lowest BCUT2D eigenvalue weighted by Crippen LogP contribution is -3.11. The van der Waals surface area contributed by atoms with E-state index in [1.807, 2.05) is 20.8 Å². The van der Waals surface area contributed by atoms with Gasteiger partial charge < -0.3 is 25.0 Å². The van der Waals surface area contributed by atoms with Crippen LogP contribution < -0.4 is 25.0 Å². The van der Waals surface area contributed by atoms with Gasteiger partial charge in [-0.05, 0) is 50.6 Å². The Labute approximate surface area is 182 Å². The van der Waals surface area contributed by atoms with Crippen LogP contribution in [0.25, 0.3) is 0 Å². The molecule has 30 heavy (non-hydrogen) atoms. The summed E-state index contributed by atoms with van der Waals surface area (Å²) in [6, 6.07) is 10.6. The fourth-order valence-electron chi connectivity index (χ4n) is 2.88. The predicted molar refractivity (Wildman–Crippen MR) is 119 cm³/mol. The number of nitrogens with one attached hydrogen (secondary N) is 3. The normalized spacial score (nSPS) is 11.5. The van der Waals surface area contributed by atoms with E-state index in [0.29, 0.717) is 41.1 Å². The van der Waals surface area contributed by atoms with Gasteiger partial charge in [-0.3, -0.25) is 9.59 Å². The molecule has 2 aromatic rings. The number of hydrogen-bond donors (Lipinski definition) is 3. The maximum atomic E-state index is 12.4. The molecule has 0 aliphatic heterocycles. The molecule has 0 saturated heterocycles. The Bertz CT molecular complexity index is 889. The zero-order valence-electron chi connectivity index (χ0n) is 17.8. The first-order valence-corrected chi connectivity index (χ1v) is 10.3. The lowest BCUT2D eigenvalue weighted by Gasteiger charge is -2.16. The molecule has 0 bridgehead atoms. The fourth-order valence-corrected chi connectivity index (χ4v) is 3.06. The number of carbonyl (C=O) groups excluding carboxylic acids is 2. The van der Waals surface area contributed by atoms with Gasteiger partial charge in [0.15, 0.2) is 24.6 Å². The molecule has 0 fully saturated rings. The van der Waals surface area contributed by atoms with E-state index in [0.717, 1.165) is 10.5 Å². The van der Waals surface area contributed by atoms with Crippen molar-refractivity contribution in [2.45, 2.75) is 20.8 Å². The summed E-state index contributed by atoms with van der Waals surface area (Å²) in [4.78, 5) is 25.4. The minimum Gasteiger partial charge on any atom is -0.490 e. The van der Waals surface area contributed by atoms with Gasteiger partial charge in [0.05, 0.1) is 20.3 Å². The van der Waals surface area contributed by atoms with Crippen molar-refractivity contribution < 1.29 is 24.0 Å². The molecule has 2 amide bonds. The van der Waals surface area contributed by atoms with Crippen LogP contribution in [0, 0.1) is 6.92 Å². The van der Waals surface area contributed by atoms with Crippen LogP contribution in [0.15, 0.2) is 36.4 Å². The molecule has 162 valence electrons. The highest BCUT2D eigenvalue weighted by atomic mass is 35.5. The number of carbonyl (C=O) groups is 2. The van der Waals surface area contributed by atoms with Gasteiger partial charge in [0.25, 0.3) is 11.8 Å². The molecule has 0 aliphatic carbocycles. The van der Waals surface area contributed by atoms with E-state index in [2.05, 4.69) is 10.6 Å². The Kier molecular flexibility index (Phi) is 8.95. The molecule has 0 saturated carbocycles. The van der Waals surface area contributed by atoms with E-state index in [1.165, 1.54) is 0 Å². The maximum absolute atomic E-state index is 12.4. The van der Waals surface area contributed by atoms with Gasteiger partial charge in [-0.1, -0.05) is 17.7 Å². The minimum atomic E-state index is -0.203. The fraction of sp³-hybridized carbons (Fsp3) is 0.364. The second-order valence-corrected chi connectivity index (χ2v) is 7.25. The molecule has 1 unspecified atom stereocenters. The summed E-state index contributed by atoms with van der Waals surface area (Å²) in [6.07, 6.45) is 0. The first-order chi connectivity index (χ1) is 14.3. The molecule has 2 aromatic carbocycles. The largest absolute Gasteiger partial charge is 0.490 e. The van der Waals surface area contributed by atoms with Crippen molar-refractivity contribution in [2.24, 2.45) is 0 Å². The number of likely N-dealkylation sites (N-methyl/N-ethyl adjacent to an activating group) is 1. The smallest absolute Gasteiger partial charge is 0.279 e. The average molecular weight is 435 g/mol. The summed E-state index contributed by atoms with van der Waals surface area (Å²) in [5.74, 6) is 0.818. The Hall–Kier alpha value is -2.77. The van der Waals surface area contributed by atoms with E-state index in [1.54, 1.807) is 43.4 Å².